The van der Waals surface area contributed by atoms with Crippen LogP contribution in [0.1, 0.15) is 10.5 Å². The summed E-state index contributed by atoms with van der Waals surface area (Å²) in [4.78, 5) is 22.0. The number of aromatic nitrogens is 2. The Balaban J connectivity index is 2.05. The highest BCUT2D eigenvalue weighted by atomic mass is 19.1. The second-order valence-electron chi connectivity index (χ2n) is 5.15. The van der Waals surface area contributed by atoms with E-state index >= 15 is 0 Å². The number of nitrogens with zero attached hydrogens (tertiary/aromatic N) is 2. The molecule has 0 aliphatic rings. The smallest absolute Gasteiger partial charge is 0.271 e. The third-order valence-electron chi connectivity index (χ3n) is 3.57. The number of carbonyl (C=O) groups is 2. The second-order valence-corrected chi connectivity index (χ2v) is 5.15. The standard InChI is InChI=1S/C17H13FN4O3/c18-12-7-10(11-3-1-2-4-15(11)24)5-6-14(12)22-8-13(20-9-23)16(21-22)17(19)25/h1-9,24H,(H2,19,25)(H,20,23). The lowest BCUT2D eigenvalue weighted by Crippen LogP contribution is -2.14. The van der Waals surface area contributed by atoms with Crippen LogP contribution in [-0.4, -0.2) is 27.2 Å². The number of anilines is 1. The number of phenols is 1. The third kappa shape index (κ3) is 3.05. The molecule has 1 aromatic heterocycles. The number of nitrogens with two attached hydrogens (primary N) is 1. The number of amides is 2. The molecular formula is C17H13FN4O3. The van der Waals surface area contributed by atoms with Crippen LogP contribution in [0.25, 0.3) is 16.8 Å². The summed E-state index contributed by atoms with van der Waals surface area (Å²) in [7, 11) is 0. The summed E-state index contributed by atoms with van der Waals surface area (Å²) in [5.41, 5.74) is 6.11. The molecule has 2 aromatic carbocycles. The molecule has 2 amide bonds. The van der Waals surface area contributed by atoms with E-state index in [1.54, 1.807) is 24.3 Å². The van der Waals surface area contributed by atoms with Crippen molar-refractivity contribution in [2.45, 2.75) is 0 Å². The van der Waals surface area contributed by atoms with Gasteiger partial charge in [0, 0.05) is 5.56 Å². The van der Waals surface area contributed by atoms with Crippen LogP contribution in [0.5, 0.6) is 5.75 Å². The van der Waals surface area contributed by atoms with E-state index in [9.17, 15) is 19.1 Å². The molecule has 25 heavy (non-hydrogen) atoms. The first kappa shape index (κ1) is 16.2. The van der Waals surface area contributed by atoms with Crippen LogP contribution in [0.2, 0.25) is 0 Å². The Morgan fingerprint density at radius 1 is 1.28 bits per heavy atom. The largest absolute Gasteiger partial charge is 0.507 e. The maximum atomic E-state index is 14.5. The lowest BCUT2D eigenvalue weighted by molar-refractivity contribution is -0.105. The van der Waals surface area contributed by atoms with Crippen molar-refractivity contribution in [1.29, 1.82) is 0 Å². The van der Waals surface area contributed by atoms with Crippen molar-refractivity contribution in [2.75, 3.05) is 5.32 Å². The fourth-order valence-electron chi connectivity index (χ4n) is 2.43. The second kappa shape index (κ2) is 6.44. The predicted octanol–water partition coefficient (Wildman–Crippen LogP) is 2.05. The number of primary amides is 1. The molecule has 3 aromatic rings. The van der Waals surface area contributed by atoms with Gasteiger partial charge < -0.3 is 16.2 Å². The molecule has 1 heterocycles. The summed E-state index contributed by atoms with van der Waals surface area (Å²) >= 11 is 0. The molecule has 0 fully saturated rings. The Morgan fingerprint density at radius 3 is 2.68 bits per heavy atom. The van der Waals surface area contributed by atoms with Crippen LogP contribution >= 0.6 is 0 Å². The molecular weight excluding hydrogens is 327 g/mol. The van der Waals surface area contributed by atoms with Crippen LogP contribution in [0.4, 0.5) is 10.1 Å². The minimum absolute atomic E-state index is 0.0298. The lowest BCUT2D eigenvalue weighted by atomic mass is 10.0. The van der Waals surface area contributed by atoms with Gasteiger partial charge in [0.15, 0.2) is 5.69 Å². The van der Waals surface area contributed by atoms with Gasteiger partial charge in [0.1, 0.15) is 17.3 Å². The lowest BCUT2D eigenvalue weighted by Gasteiger charge is -2.08. The predicted molar refractivity (Wildman–Crippen MR) is 88.8 cm³/mol. The number of rotatable bonds is 5. The van der Waals surface area contributed by atoms with Gasteiger partial charge in [0.2, 0.25) is 6.41 Å². The first-order valence-electron chi connectivity index (χ1n) is 7.19. The van der Waals surface area contributed by atoms with Crippen molar-refractivity contribution in [1.82, 2.24) is 9.78 Å². The Bertz CT molecular complexity index is 968. The molecule has 126 valence electrons. The number of nitrogens with one attached hydrogen (secondary N) is 1. The molecule has 0 bridgehead atoms. The zero-order chi connectivity index (χ0) is 18.0. The van der Waals surface area contributed by atoms with Gasteiger partial charge in [-0.25, -0.2) is 9.07 Å². The molecule has 0 spiro atoms. The number of carbonyl (C=O) groups excluding carboxylic acids is 2. The van der Waals surface area contributed by atoms with Crippen LogP contribution in [0.3, 0.4) is 0 Å². The van der Waals surface area contributed by atoms with Crippen molar-refractivity contribution in [2.24, 2.45) is 5.73 Å². The Morgan fingerprint density at radius 2 is 2.04 bits per heavy atom. The van der Waals surface area contributed by atoms with E-state index < -0.39 is 11.7 Å². The Kier molecular flexibility index (Phi) is 4.17. The first-order valence-corrected chi connectivity index (χ1v) is 7.19. The van der Waals surface area contributed by atoms with Gasteiger partial charge in [0.05, 0.1) is 11.9 Å². The summed E-state index contributed by atoms with van der Waals surface area (Å²) in [6.45, 7) is 0. The zero-order valence-corrected chi connectivity index (χ0v) is 12.8. The summed E-state index contributed by atoms with van der Waals surface area (Å²) < 4.78 is 15.6. The Hall–Kier alpha value is -3.68. The number of para-hydroxylation sites is 1. The molecule has 0 aliphatic heterocycles. The van der Waals surface area contributed by atoms with Crippen LogP contribution in [0.15, 0.2) is 48.7 Å². The highest BCUT2D eigenvalue weighted by molar-refractivity contribution is 5.98. The quantitative estimate of drug-likeness (QED) is 0.617. The minimum atomic E-state index is -0.852. The summed E-state index contributed by atoms with van der Waals surface area (Å²) in [6, 6.07) is 10.8. The third-order valence-corrected chi connectivity index (χ3v) is 3.57. The first-order chi connectivity index (χ1) is 12.0. The molecule has 0 saturated heterocycles. The fraction of sp³-hybridized carbons (Fsp3) is 0. The number of benzene rings is 2. The average molecular weight is 340 g/mol. The highest BCUT2D eigenvalue weighted by Gasteiger charge is 2.17. The van der Waals surface area contributed by atoms with Gasteiger partial charge in [-0.05, 0) is 23.8 Å². The average Bonchev–Trinajstić information content (AvgIpc) is 2.99. The van der Waals surface area contributed by atoms with E-state index in [0.29, 0.717) is 17.5 Å². The van der Waals surface area contributed by atoms with Gasteiger partial charge in [-0.15, -0.1) is 0 Å². The fourth-order valence-corrected chi connectivity index (χ4v) is 2.43. The van der Waals surface area contributed by atoms with Gasteiger partial charge >= 0.3 is 0 Å². The zero-order valence-electron chi connectivity index (χ0n) is 12.8. The molecule has 7 nitrogen and oxygen atoms in total. The van der Waals surface area contributed by atoms with E-state index in [-0.39, 0.29) is 22.8 Å². The normalized spacial score (nSPS) is 10.4. The van der Waals surface area contributed by atoms with E-state index in [2.05, 4.69) is 10.4 Å². The van der Waals surface area contributed by atoms with Gasteiger partial charge in [-0.2, -0.15) is 5.10 Å². The molecule has 0 saturated carbocycles. The molecule has 3 rings (SSSR count). The van der Waals surface area contributed by atoms with Crippen LogP contribution in [-0.2, 0) is 4.79 Å². The summed E-state index contributed by atoms with van der Waals surface area (Å²) in [5, 5.41) is 16.1. The molecule has 0 radical (unpaired) electrons. The molecule has 8 heteroatoms. The van der Waals surface area contributed by atoms with Crippen molar-refractivity contribution in [3.8, 4) is 22.6 Å². The van der Waals surface area contributed by atoms with E-state index in [0.717, 1.165) is 4.68 Å². The molecule has 0 atom stereocenters. The van der Waals surface area contributed by atoms with E-state index in [1.165, 1.54) is 24.4 Å². The number of phenolic OH excluding ortho intramolecular Hbond substituents is 1. The molecule has 4 N–H and O–H groups in total. The molecule has 0 aliphatic carbocycles. The van der Waals surface area contributed by atoms with Gasteiger partial charge in [-0.3, -0.25) is 9.59 Å². The van der Waals surface area contributed by atoms with E-state index in [4.69, 9.17) is 5.73 Å². The topological polar surface area (TPSA) is 110 Å². The number of halogens is 1. The number of hydrogen-bond acceptors (Lipinski definition) is 4. The molecule has 0 unspecified atom stereocenters. The van der Waals surface area contributed by atoms with Crippen molar-refractivity contribution in [3.63, 3.8) is 0 Å². The van der Waals surface area contributed by atoms with Gasteiger partial charge in [0.25, 0.3) is 5.91 Å². The monoisotopic (exact) mass is 340 g/mol. The summed E-state index contributed by atoms with van der Waals surface area (Å²) in [6.07, 6.45) is 1.65. The van der Waals surface area contributed by atoms with Crippen molar-refractivity contribution in [3.05, 3.63) is 60.2 Å². The number of aromatic hydroxyl groups is 1. The number of hydrogen-bond donors (Lipinski definition) is 3. The highest BCUT2D eigenvalue weighted by Crippen LogP contribution is 2.30. The van der Waals surface area contributed by atoms with Crippen LogP contribution < -0.4 is 11.1 Å². The van der Waals surface area contributed by atoms with E-state index in [1.807, 2.05) is 0 Å². The SMILES string of the molecule is NC(=O)c1nn(-c2ccc(-c3ccccc3O)cc2F)cc1NC=O. The van der Waals surface area contributed by atoms with Crippen molar-refractivity contribution < 1.29 is 19.1 Å². The van der Waals surface area contributed by atoms with Gasteiger partial charge in [-0.1, -0.05) is 24.3 Å². The maximum Gasteiger partial charge on any atom is 0.271 e. The van der Waals surface area contributed by atoms with Crippen molar-refractivity contribution >= 4 is 18.0 Å². The Labute approximate surface area is 141 Å². The summed E-state index contributed by atoms with van der Waals surface area (Å²) in [5.74, 6) is -1.45. The minimum Gasteiger partial charge on any atom is -0.507 e. The van der Waals surface area contributed by atoms with Crippen LogP contribution in [0, 0.1) is 5.82 Å². The maximum absolute atomic E-state index is 14.5.